The number of nitrogens with one attached hydrogen (secondary N) is 1. The van der Waals surface area contributed by atoms with Gasteiger partial charge in [0.15, 0.2) is 0 Å². The molecule has 1 atom stereocenters. The second kappa shape index (κ2) is 7.40. The van der Waals surface area contributed by atoms with Crippen LogP contribution in [0.1, 0.15) is 25.3 Å². The zero-order valence-corrected chi connectivity index (χ0v) is 15.7. The minimum absolute atomic E-state index is 0.0771. The van der Waals surface area contributed by atoms with E-state index >= 15 is 0 Å². The summed E-state index contributed by atoms with van der Waals surface area (Å²) in [5.74, 6) is -0.0771. The number of carbonyl (C=O) groups excluding carboxylic acids is 1. The average molecular weight is 405 g/mol. The van der Waals surface area contributed by atoms with E-state index in [-0.39, 0.29) is 36.0 Å². The molecule has 1 heterocycles. The molecule has 1 aliphatic carbocycles. The summed E-state index contributed by atoms with van der Waals surface area (Å²) in [5, 5.41) is 2.92. The van der Waals surface area contributed by atoms with E-state index in [0.717, 1.165) is 25.0 Å². The third-order valence-corrected chi connectivity index (χ3v) is 6.82. The highest BCUT2D eigenvalue weighted by molar-refractivity contribution is 7.89. The van der Waals surface area contributed by atoms with Crippen LogP contribution in [0, 0.1) is 0 Å². The van der Waals surface area contributed by atoms with E-state index in [1.807, 2.05) is 4.90 Å². The predicted molar refractivity (Wildman–Crippen MR) is 92.4 cm³/mol. The van der Waals surface area contributed by atoms with E-state index in [1.54, 1.807) is 6.92 Å². The molecular formula is C17H22F3N3O3S. The molecule has 150 valence electrons. The number of hydrogen-bond donors (Lipinski definition) is 1. The van der Waals surface area contributed by atoms with Crippen molar-refractivity contribution in [3.63, 3.8) is 0 Å². The molecule has 1 saturated heterocycles. The van der Waals surface area contributed by atoms with Crippen molar-refractivity contribution in [2.75, 3.05) is 26.2 Å². The third kappa shape index (κ3) is 4.61. The van der Waals surface area contributed by atoms with Gasteiger partial charge in [-0.3, -0.25) is 9.69 Å². The van der Waals surface area contributed by atoms with Gasteiger partial charge in [-0.1, -0.05) is 6.07 Å². The Labute approximate surface area is 156 Å². The third-order valence-electron chi connectivity index (χ3n) is 4.92. The van der Waals surface area contributed by atoms with E-state index in [4.69, 9.17) is 0 Å². The molecule has 0 radical (unpaired) electrons. The molecule has 3 rings (SSSR count). The SMILES string of the molecule is C[C@@H](C(=O)NC1CC1)N1CCN(S(=O)(=O)c2cccc(C(F)(F)F)c2)CC1. The topological polar surface area (TPSA) is 69.7 Å². The fraction of sp³-hybridized carbons (Fsp3) is 0.588. The van der Waals surface area contributed by atoms with Gasteiger partial charge in [-0.05, 0) is 38.0 Å². The lowest BCUT2D eigenvalue weighted by Crippen LogP contribution is -2.55. The predicted octanol–water partition coefficient (Wildman–Crippen LogP) is 1.68. The Hall–Kier alpha value is -1.65. The molecule has 1 amide bonds. The van der Waals surface area contributed by atoms with Crippen molar-refractivity contribution in [3.05, 3.63) is 29.8 Å². The molecular weight excluding hydrogens is 383 g/mol. The average Bonchev–Trinajstić information content (AvgIpc) is 3.44. The molecule has 2 fully saturated rings. The number of alkyl halides is 3. The number of carbonyl (C=O) groups is 1. The first kappa shape index (κ1) is 20.1. The lowest BCUT2D eigenvalue weighted by Gasteiger charge is -2.36. The van der Waals surface area contributed by atoms with Crippen LogP contribution < -0.4 is 5.32 Å². The van der Waals surface area contributed by atoms with Gasteiger partial charge in [0.05, 0.1) is 16.5 Å². The molecule has 0 bridgehead atoms. The maximum atomic E-state index is 12.9. The Morgan fingerprint density at radius 1 is 1.19 bits per heavy atom. The van der Waals surface area contributed by atoms with Gasteiger partial charge in [-0.25, -0.2) is 8.42 Å². The van der Waals surface area contributed by atoms with Crippen LogP contribution in [0.25, 0.3) is 0 Å². The number of nitrogens with zero attached hydrogens (tertiary/aromatic N) is 2. The summed E-state index contributed by atoms with van der Waals surface area (Å²) in [7, 11) is -4.02. The number of piperazine rings is 1. The van der Waals surface area contributed by atoms with Gasteiger partial charge in [0.2, 0.25) is 15.9 Å². The Bertz CT molecular complexity index is 801. The van der Waals surface area contributed by atoms with Crippen LogP contribution in [0.2, 0.25) is 0 Å². The van der Waals surface area contributed by atoms with Gasteiger partial charge in [0.1, 0.15) is 0 Å². The van der Waals surface area contributed by atoms with E-state index in [0.29, 0.717) is 19.2 Å². The van der Waals surface area contributed by atoms with Crippen molar-refractivity contribution in [1.29, 1.82) is 0 Å². The highest BCUT2D eigenvalue weighted by Crippen LogP contribution is 2.31. The number of hydrogen-bond acceptors (Lipinski definition) is 4. The minimum atomic E-state index is -4.60. The van der Waals surface area contributed by atoms with Crippen molar-refractivity contribution in [2.24, 2.45) is 0 Å². The van der Waals surface area contributed by atoms with E-state index < -0.39 is 21.8 Å². The summed E-state index contributed by atoms with van der Waals surface area (Å²) in [6.07, 6.45) is -2.63. The molecule has 0 aromatic heterocycles. The van der Waals surface area contributed by atoms with Gasteiger partial charge < -0.3 is 5.32 Å². The first-order chi connectivity index (χ1) is 12.6. The van der Waals surface area contributed by atoms with Crippen molar-refractivity contribution in [1.82, 2.24) is 14.5 Å². The molecule has 1 aliphatic heterocycles. The van der Waals surface area contributed by atoms with Gasteiger partial charge >= 0.3 is 6.18 Å². The largest absolute Gasteiger partial charge is 0.416 e. The summed E-state index contributed by atoms with van der Waals surface area (Å²) in [6.45, 7) is 2.71. The summed E-state index contributed by atoms with van der Waals surface area (Å²) in [4.78, 5) is 13.6. The number of halogens is 3. The maximum Gasteiger partial charge on any atom is 0.416 e. The van der Waals surface area contributed by atoms with Crippen LogP contribution in [0.15, 0.2) is 29.2 Å². The Morgan fingerprint density at radius 3 is 2.37 bits per heavy atom. The Balaban J connectivity index is 1.65. The van der Waals surface area contributed by atoms with Crippen LogP contribution in [0.4, 0.5) is 13.2 Å². The van der Waals surface area contributed by atoms with Crippen LogP contribution in [0.3, 0.4) is 0 Å². The van der Waals surface area contributed by atoms with E-state index in [9.17, 15) is 26.4 Å². The standard InChI is InChI=1S/C17H22F3N3O3S/c1-12(16(24)21-14-5-6-14)22-7-9-23(10-8-22)27(25,26)15-4-2-3-13(11-15)17(18,19)20/h2-4,11-12,14H,5-10H2,1H3,(H,21,24)/t12-/m0/s1. The second-order valence-corrected chi connectivity index (χ2v) is 8.86. The highest BCUT2D eigenvalue weighted by Gasteiger charge is 2.35. The Kier molecular flexibility index (Phi) is 5.51. The van der Waals surface area contributed by atoms with Crippen molar-refractivity contribution in [3.8, 4) is 0 Å². The number of amides is 1. The molecule has 6 nitrogen and oxygen atoms in total. The second-order valence-electron chi connectivity index (χ2n) is 6.92. The first-order valence-electron chi connectivity index (χ1n) is 8.81. The summed E-state index contributed by atoms with van der Waals surface area (Å²) in [6, 6.07) is 3.65. The molecule has 0 spiro atoms. The molecule has 1 aromatic rings. The number of sulfonamides is 1. The van der Waals surface area contributed by atoms with E-state index in [2.05, 4.69) is 5.32 Å². The normalized spacial score (nSPS) is 21.0. The quantitative estimate of drug-likeness (QED) is 0.809. The van der Waals surface area contributed by atoms with Crippen LogP contribution >= 0.6 is 0 Å². The fourth-order valence-electron chi connectivity index (χ4n) is 3.03. The summed E-state index contributed by atoms with van der Waals surface area (Å²) in [5.41, 5.74) is -0.993. The molecule has 27 heavy (non-hydrogen) atoms. The molecule has 0 unspecified atom stereocenters. The Morgan fingerprint density at radius 2 is 1.81 bits per heavy atom. The van der Waals surface area contributed by atoms with E-state index in [1.165, 1.54) is 10.4 Å². The summed E-state index contributed by atoms with van der Waals surface area (Å²) >= 11 is 0. The van der Waals surface area contributed by atoms with Crippen LogP contribution in [-0.2, 0) is 21.0 Å². The van der Waals surface area contributed by atoms with Crippen molar-refractivity contribution in [2.45, 2.75) is 42.9 Å². The monoisotopic (exact) mass is 405 g/mol. The molecule has 10 heteroatoms. The van der Waals surface area contributed by atoms with Crippen molar-refractivity contribution >= 4 is 15.9 Å². The number of rotatable bonds is 5. The fourth-order valence-corrected chi connectivity index (χ4v) is 4.50. The molecule has 2 aliphatic rings. The smallest absolute Gasteiger partial charge is 0.352 e. The summed E-state index contributed by atoms with van der Waals surface area (Å²) < 4.78 is 65.1. The zero-order chi connectivity index (χ0) is 19.8. The molecule has 1 aromatic carbocycles. The van der Waals surface area contributed by atoms with Crippen molar-refractivity contribution < 1.29 is 26.4 Å². The van der Waals surface area contributed by atoms with Gasteiger partial charge in [-0.2, -0.15) is 17.5 Å². The minimum Gasteiger partial charge on any atom is -0.352 e. The van der Waals surface area contributed by atoms with Gasteiger partial charge in [0, 0.05) is 32.2 Å². The molecule has 1 saturated carbocycles. The van der Waals surface area contributed by atoms with Gasteiger partial charge in [0.25, 0.3) is 0 Å². The highest BCUT2D eigenvalue weighted by atomic mass is 32.2. The molecule has 1 N–H and O–H groups in total. The number of benzene rings is 1. The van der Waals surface area contributed by atoms with Crippen LogP contribution in [0.5, 0.6) is 0 Å². The lowest BCUT2D eigenvalue weighted by atomic mass is 10.2. The maximum absolute atomic E-state index is 12.9. The van der Waals surface area contributed by atoms with Gasteiger partial charge in [-0.15, -0.1) is 0 Å². The lowest BCUT2D eigenvalue weighted by molar-refractivity contribution is -0.137. The zero-order valence-electron chi connectivity index (χ0n) is 14.9. The van der Waals surface area contributed by atoms with Crippen LogP contribution in [-0.4, -0.2) is 61.8 Å². The first-order valence-corrected chi connectivity index (χ1v) is 10.2.